The van der Waals surface area contributed by atoms with Crippen LogP contribution in [0.25, 0.3) is 0 Å². The fourth-order valence-corrected chi connectivity index (χ4v) is 5.95. The molecule has 8 nitrogen and oxygen atoms in total. The van der Waals surface area contributed by atoms with E-state index in [9.17, 15) is 8.42 Å². The zero-order valence-electron chi connectivity index (χ0n) is 18.2. The first kappa shape index (κ1) is 21.8. The molecule has 1 aromatic rings. The monoisotopic (exact) mass is 436 g/mol. The molecule has 168 valence electrons. The molecule has 4 rings (SSSR count). The van der Waals surface area contributed by atoms with Gasteiger partial charge in [0.15, 0.2) is 0 Å². The lowest BCUT2D eigenvalue weighted by Gasteiger charge is -2.42. The summed E-state index contributed by atoms with van der Waals surface area (Å²) >= 11 is 0. The van der Waals surface area contributed by atoms with Crippen molar-refractivity contribution in [3.8, 4) is 0 Å². The smallest absolute Gasteiger partial charge is 0.224 e. The Morgan fingerprint density at radius 3 is 2.40 bits per heavy atom. The van der Waals surface area contributed by atoms with Gasteiger partial charge in [-0.05, 0) is 51.1 Å². The Balaban J connectivity index is 1.33. The van der Waals surface area contributed by atoms with Gasteiger partial charge in [-0.15, -0.1) is 0 Å². The van der Waals surface area contributed by atoms with Gasteiger partial charge in [-0.2, -0.15) is 4.98 Å². The van der Waals surface area contributed by atoms with Crippen molar-refractivity contribution in [2.45, 2.75) is 63.5 Å². The van der Waals surface area contributed by atoms with Crippen molar-refractivity contribution in [1.82, 2.24) is 19.2 Å². The van der Waals surface area contributed by atoms with Crippen LogP contribution in [-0.2, 0) is 10.0 Å². The molecule has 0 aromatic carbocycles. The Bertz CT molecular complexity index is 788. The molecular weight excluding hydrogens is 400 g/mol. The zero-order chi connectivity index (χ0) is 21.0. The van der Waals surface area contributed by atoms with Crippen molar-refractivity contribution >= 4 is 21.8 Å². The quantitative estimate of drug-likeness (QED) is 0.757. The number of hydrogen-bond donors (Lipinski definition) is 1. The van der Waals surface area contributed by atoms with Gasteiger partial charge in [0.05, 0.1) is 6.26 Å². The van der Waals surface area contributed by atoms with Crippen LogP contribution in [0, 0.1) is 0 Å². The summed E-state index contributed by atoms with van der Waals surface area (Å²) in [7, 11) is -3.07. The molecule has 1 aromatic heterocycles. The van der Waals surface area contributed by atoms with Crippen molar-refractivity contribution in [1.29, 1.82) is 0 Å². The minimum Gasteiger partial charge on any atom is -0.356 e. The van der Waals surface area contributed by atoms with Gasteiger partial charge in [-0.1, -0.05) is 12.8 Å². The number of sulfonamides is 1. The molecule has 0 radical (unpaired) electrons. The molecule has 4 heterocycles. The number of likely N-dealkylation sites (tertiary alicyclic amines) is 1. The van der Waals surface area contributed by atoms with Crippen molar-refractivity contribution < 1.29 is 8.42 Å². The van der Waals surface area contributed by atoms with E-state index in [1.165, 1.54) is 31.9 Å². The van der Waals surface area contributed by atoms with Gasteiger partial charge in [0, 0.05) is 51.0 Å². The molecule has 0 saturated carbocycles. The molecule has 3 fully saturated rings. The summed E-state index contributed by atoms with van der Waals surface area (Å²) in [5.74, 6) is 1.77. The maximum absolute atomic E-state index is 11.8. The van der Waals surface area contributed by atoms with E-state index < -0.39 is 10.0 Å². The second-order valence-electron chi connectivity index (χ2n) is 9.01. The van der Waals surface area contributed by atoms with Gasteiger partial charge in [-0.3, -0.25) is 4.90 Å². The molecular formula is C21H36N6O2S. The third-order valence-corrected chi connectivity index (χ3v) is 8.07. The highest BCUT2D eigenvalue weighted by Crippen LogP contribution is 2.24. The lowest BCUT2D eigenvalue weighted by atomic mass is 9.99. The van der Waals surface area contributed by atoms with E-state index in [4.69, 9.17) is 4.98 Å². The first-order chi connectivity index (χ1) is 14.5. The lowest BCUT2D eigenvalue weighted by Crippen LogP contribution is -2.51. The fourth-order valence-electron chi connectivity index (χ4n) is 5.07. The van der Waals surface area contributed by atoms with E-state index >= 15 is 0 Å². The highest BCUT2D eigenvalue weighted by atomic mass is 32.2. The van der Waals surface area contributed by atoms with E-state index in [1.54, 1.807) is 4.31 Å². The van der Waals surface area contributed by atoms with Gasteiger partial charge in [0.2, 0.25) is 16.0 Å². The van der Waals surface area contributed by atoms with Gasteiger partial charge in [-0.25, -0.2) is 17.7 Å². The average molecular weight is 437 g/mol. The molecule has 9 heteroatoms. The summed E-state index contributed by atoms with van der Waals surface area (Å²) in [6, 6.07) is 2.84. The van der Waals surface area contributed by atoms with E-state index in [0.29, 0.717) is 25.2 Å². The van der Waals surface area contributed by atoms with E-state index in [2.05, 4.69) is 20.1 Å². The normalized spacial score (nSPS) is 25.8. The number of hydrogen-bond acceptors (Lipinski definition) is 7. The molecule has 0 spiro atoms. The minimum absolute atomic E-state index is 0.339. The summed E-state index contributed by atoms with van der Waals surface area (Å²) in [6.07, 6.45) is 12.4. The summed E-state index contributed by atoms with van der Waals surface area (Å²) in [4.78, 5) is 14.2. The third kappa shape index (κ3) is 5.62. The lowest BCUT2D eigenvalue weighted by molar-refractivity contribution is 0.112. The number of aromatic nitrogens is 2. The summed E-state index contributed by atoms with van der Waals surface area (Å²) in [6.45, 7) is 5.51. The predicted octanol–water partition coefficient (Wildman–Crippen LogP) is 2.16. The maximum atomic E-state index is 11.8. The Morgan fingerprint density at radius 1 is 0.967 bits per heavy atom. The van der Waals surface area contributed by atoms with Gasteiger partial charge < -0.3 is 10.2 Å². The molecule has 3 aliphatic heterocycles. The van der Waals surface area contributed by atoms with Crippen LogP contribution in [0.4, 0.5) is 11.8 Å². The Kier molecular flexibility index (Phi) is 7.10. The van der Waals surface area contributed by atoms with Crippen LogP contribution in [0.3, 0.4) is 0 Å². The predicted molar refractivity (Wildman–Crippen MR) is 120 cm³/mol. The largest absolute Gasteiger partial charge is 0.356 e. The first-order valence-corrected chi connectivity index (χ1v) is 13.4. The van der Waals surface area contributed by atoms with Crippen molar-refractivity contribution in [3.63, 3.8) is 0 Å². The molecule has 30 heavy (non-hydrogen) atoms. The second kappa shape index (κ2) is 9.78. The van der Waals surface area contributed by atoms with Gasteiger partial charge >= 0.3 is 0 Å². The molecule has 3 aliphatic rings. The van der Waals surface area contributed by atoms with Crippen LogP contribution in [0.2, 0.25) is 0 Å². The van der Waals surface area contributed by atoms with Crippen molar-refractivity contribution in [2.75, 3.05) is 55.7 Å². The summed E-state index contributed by atoms with van der Waals surface area (Å²) in [5, 5.41) is 3.58. The number of anilines is 2. The second-order valence-corrected chi connectivity index (χ2v) is 11.0. The van der Waals surface area contributed by atoms with Gasteiger partial charge in [0.25, 0.3) is 0 Å². The molecule has 1 unspecified atom stereocenters. The number of rotatable bonds is 5. The summed E-state index contributed by atoms with van der Waals surface area (Å²) in [5.41, 5.74) is 0. The van der Waals surface area contributed by atoms with Crippen LogP contribution < -0.4 is 10.2 Å². The van der Waals surface area contributed by atoms with Crippen molar-refractivity contribution in [3.05, 3.63) is 12.3 Å². The van der Waals surface area contributed by atoms with Crippen LogP contribution >= 0.6 is 0 Å². The number of piperidine rings is 2. The highest BCUT2D eigenvalue weighted by molar-refractivity contribution is 7.88. The molecule has 3 saturated heterocycles. The third-order valence-electron chi connectivity index (χ3n) is 6.77. The molecule has 1 atom stereocenters. The van der Waals surface area contributed by atoms with E-state index in [0.717, 1.165) is 63.6 Å². The fraction of sp³-hybridized carbons (Fsp3) is 0.810. The maximum Gasteiger partial charge on any atom is 0.224 e. The molecule has 0 amide bonds. The van der Waals surface area contributed by atoms with Gasteiger partial charge in [0.1, 0.15) is 5.82 Å². The molecule has 0 bridgehead atoms. The van der Waals surface area contributed by atoms with Crippen molar-refractivity contribution in [2.24, 2.45) is 0 Å². The van der Waals surface area contributed by atoms with E-state index in [1.807, 2.05) is 12.3 Å². The highest BCUT2D eigenvalue weighted by Gasteiger charge is 2.31. The van der Waals surface area contributed by atoms with Crippen LogP contribution in [0.5, 0.6) is 0 Å². The average Bonchev–Trinajstić information content (AvgIpc) is 3.03. The first-order valence-electron chi connectivity index (χ1n) is 11.5. The minimum atomic E-state index is -3.07. The molecule has 0 aliphatic carbocycles. The zero-order valence-corrected chi connectivity index (χ0v) is 19.0. The van der Waals surface area contributed by atoms with Crippen LogP contribution in [0.1, 0.15) is 51.4 Å². The Labute approximate surface area is 181 Å². The number of nitrogens with zero attached hydrogens (tertiary/aromatic N) is 5. The molecule has 1 N–H and O–H groups in total. The SMILES string of the molecule is CS(=O)(=O)N1CCC(N2CCCC(Nc3nccc(N4CCCCCC4)n3)C2)CC1. The number of nitrogens with one attached hydrogen (secondary N) is 1. The Hall–Kier alpha value is -1.45. The standard InChI is InChI=1S/C21H36N6O2S/c1-30(28,29)27-15-9-19(10-16-27)26-14-6-7-18(17-26)23-21-22-11-8-20(24-21)25-12-4-2-3-5-13-25/h8,11,18-19H,2-7,9-10,12-17H2,1H3,(H,22,23,24). The Morgan fingerprint density at radius 2 is 1.70 bits per heavy atom. The topological polar surface area (TPSA) is 81.7 Å². The van der Waals surface area contributed by atoms with E-state index in [-0.39, 0.29) is 0 Å². The van der Waals surface area contributed by atoms with Crippen LogP contribution in [-0.4, -0.2) is 85.2 Å². The summed E-state index contributed by atoms with van der Waals surface area (Å²) < 4.78 is 25.2. The van der Waals surface area contributed by atoms with Crippen LogP contribution in [0.15, 0.2) is 12.3 Å².